The van der Waals surface area contributed by atoms with Crippen LogP contribution in [0.4, 0.5) is 0 Å². The molecule has 2 aliphatic carbocycles. The molecule has 1 aromatic heterocycles. The molecule has 2 saturated carbocycles. The van der Waals surface area contributed by atoms with Gasteiger partial charge in [-0.25, -0.2) is 15.0 Å². The third-order valence-corrected chi connectivity index (χ3v) is 11.2. The number of benzene rings is 5. The number of hydrogen-bond acceptors (Lipinski definition) is 4. The van der Waals surface area contributed by atoms with Gasteiger partial charge in [0.15, 0.2) is 17.5 Å². The molecule has 0 saturated heterocycles. The van der Waals surface area contributed by atoms with Gasteiger partial charge in [-0.15, -0.1) is 0 Å². The van der Waals surface area contributed by atoms with Crippen LogP contribution in [0, 0.1) is 29.1 Å². The smallest absolute Gasteiger partial charge is 0.164 e. The van der Waals surface area contributed by atoms with Crippen LogP contribution in [-0.4, -0.2) is 15.0 Å². The van der Waals surface area contributed by atoms with E-state index in [1.165, 1.54) is 55.2 Å². The molecule has 0 spiro atoms. The van der Waals surface area contributed by atoms with E-state index in [0.717, 1.165) is 40.0 Å². The summed E-state index contributed by atoms with van der Waals surface area (Å²) in [7, 11) is 0. The zero-order valence-electron chi connectivity index (χ0n) is 28.9. The van der Waals surface area contributed by atoms with Crippen molar-refractivity contribution in [3.05, 3.63) is 139 Å². The Bertz CT molecular complexity index is 2130. The predicted octanol–water partition coefficient (Wildman–Crippen LogP) is 11.6. The van der Waals surface area contributed by atoms with Crippen LogP contribution in [0.15, 0.2) is 127 Å². The summed E-state index contributed by atoms with van der Waals surface area (Å²) in [5.74, 6) is 4.39. The summed E-state index contributed by atoms with van der Waals surface area (Å²) < 4.78 is 0. The van der Waals surface area contributed by atoms with Crippen LogP contribution >= 0.6 is 0 Å². The van der Waals surface area contributed by atoms with E-state index >= 15 is 0 Å². The minimum absolute atomic E-state index is 0.366. The molecule has 50 heavy (non-hydrogen) atoms. The molecule has 4 nitrogen and oxygen atoms in total. The van der Waals surface area contributed by atoms with Gasteiger partial charge in [-0.2, -0.15) is 5.26 Å². The maximum Gasteiger partial charge on any atom is 0.164 e. The number of hydrogen-bond donors (Lipinski definition) is 0. The van der Waals surface area contributed by atoms with E-state index in [-0.39, 0.29) is 0 Å². The second-order valence-electron chi connectivity index (χ2n) is 14.7. The van der Waals surface area contributed by atoms with Gasteiger partial charge in [0.25, 0.3) is 0 Å². The fourth-order valence-electron chi connectivity index (χ4n) is 8.88. The number of nitrogens with zero attached hydrogens (tertiary/aromatic N) is 4. The van der Waals surface area contributed by atoms with Gasteiger partial charge < -0.3 is 0 Å². The molecule has 0 aliphatic heterocycles. The van der Waals surface area contributed by atoms with Gasteiger partial charge in [0.05, 0.1) is 11.6 Å². The summed E-state index contributed by atoms with van der Waals surface area (Å²) in [6.45, 7) is 4.86. The monoisotopic (exact) mass is 650 g/mol. The Balaban J connectivity index is 1.03. The second-order valence-corrected chi connectivity index (χ2v) is 14.7. The summed E-state index contributed by atoms with van der Waals surface area (Å²) in [6.07, 6.45) is 8.24. The average Bonchev–Trinajstić information content (AvgIpc) is 3.18. The molecule has 1 unspecified atom stereocenters. The number of aromatic nitrogens is 3. The maximum absolute atomic E-state index is 9.26. The van der Waals surface area contributed by atoms with Crippen molar-refractivity contribution in [2.45, 2.75) is 57.8 Å². The molecular weight excluding hydrogens is 609 g/mol. The summed E-state index contributed by atoms with van der Waals surface area (Å²) >= 11 is 0. The van der Waals surface area contributed by atoms with Crippen molar-refractivity contribution in [1.82, 2.24) is 15.0 Å². The molecular formula is C46H42N4. The summed E-state index contributed by atoms with van der Waals surface area (Å²) in [5.41, 5.74) is 10.0. The van der Waals surface area contributed by atoms with Crippen molar-refractivity contribution in [2.75, 3.05) is 0 Å². The molecule has 6 aromatic rings. The first-order valence-electron chi connectivity index (χ1n) is 18.1. The zero-order chi connectivity index (χ0) is 34.1. The Morgan fingerprint density at radius 2 is 1.02 bits per heavy atom. The molecule has 2 fully saturated rings. The lowest BCUT2D eigenvalue weighted by atomic mass is 9.54. The third-order valence-electron chi connectivity index (χ3n) is 11.2. The van der Waals surface area contributed by atoms with E-state index < -0.39 is 0 Å². The Morgan fingerprint density at radius 1 is 0.560 bits per heavy atom. The molecule has 4 heteroatoms. The molecule has 8 rings (SSSR count). The second kappa shape index (κ2) is 13.5. The standard InChI is InChI=1S/C46H42N4/c1-3-32-26-34-25-31(2)27-46(28-32,29-34)42-23-21-38(22-24-42)36-15-13-35(14-16-36)37-17-19-41(20-18-37)45-49-43(39-7-5-4-6-8-39)48-44(50-45)40-11-9-33(30-47)10-12-40/h4-24,31-32,34H,3,25-29H2,1-2H3/t31-,32+,34-,46?/m0/s1. The molecule has 1 heterocycles. The molecule has 2 aliphatic rings. The largest absolute Gasteiger partial charge is 0.208 e. The fraction of sp³-hybridized carbons (Fsp3) is 0.261. The van der Waals surface area contributed by atoms with Crippen LogP contribution in [0.3, 0.4) is 0 Å². The first kappa shape index (κ1) is 31.8. The fourth-order valence-corrected chi connectivity index (χ4v) is 8.88. The Morgan fingerprint density at radius 3 is 1.52 bits per heavy atom. The summed E-state index contributed by atoms with van der Waals surface area (Å²) in [4.78, 5) is 14.5. The minimum Gasteiger partial charge on any atom is -0.208 e. The predicted molar refractivity (Wildman–Crippen MR) is 203 cm³/mol. The summed E-state index contributed by atoms with van der Waals surface area (Å²) in [6, 6.07) is 46.4. The molecule has 5 aromatic carbocycles. The van der Waals surface area contributed by atoms with Crippen molar-refractivity contribution in [2.24, 2.45) is 17.8 Å². The summed E-state index contributed by atoms with van der Waals surface area (Å²) in [5, 5.41) is 9.26. The number of nitriles is 1. The van der Waals surface area contributed by atoms with Crippen molar-refractivity contribution < 1.29 is 0 Å². The van der Waals surface area contributed by atoms with Crippen molar-refractivity contribution in [3.8, 4) is 62.5 Å². The highest BCUT2D eigenvalue weighted by atomic mass is 15.0. The highest BCUT2D eigenvalue weighted by molar-refractivity contribution is 5.73. The SMILES string of the molecule is CC[C@@H]1C[C@@H]2C[C@H](C)CC(c3ccc(-c4ccc(-c5ccc(-c6nc(-c7ccccc7)nc(-c7ccc(C#N)cc7)n6)cc5)cc4)cc3)(C1)C2. The minimum atomic E-state index is 0.366. The molecule has 246 valence electrons. The Kier molecular flexibility index (Phi) is 8.59. The van der Waals surface area contributed by atoms with E-state index in [1.807, 2.05) is 42.5 Å². The first-order valence-corrected chi connectivity index (χ1v) is 18.1. The molecule has 0 amide bonds. The topological polar surface area (TPSA) is 62.5 Å². The van der Waals surface area contributed by atoms with E-state index in [9.17, 15) is 5.26 Å². The lowest BCUT2D eigenvalue weighted by Crippen LogP contribution is -2.42. The molecule has 0 radical (unpaired) electrons. The van der Waals surface area contributed by atoms with Crippen LogP contribution in [0.25, 0.3) is 56.4 Å². The van der Waals surface area contributed by atoms with Crippen LogP contribution in [0.5, 0.6) is 0 Å². The Hall–Kier alpha value is -5.40. The normalized spacial score (nSPS) is 21.3. The number of fused-ring (bicyclic) bond motifs is 2. The van der Waals surface area contributed by atoms with Gasteiger partial charge in [-0.1, -0.05) is 123 Å². The number of rotatable bonds is 7. The molecule has 0 N–H and O–H groups in total. The van der Waals surface area contributed by atoms with Crippen LogP contribution in [-0.2, 0) is 5.41 Å². The van der Waals surface area contributed by atoms with Gasteiger partial charge in [0.2, 0.25) is 0 Å². The van der Waals surface area contributed by atoms with Gasteiger partial charge in [-0.05, 0) is 107 Å². The van der Waals surface area contributed by atoms with E-state index in [4.69, 9.17) is 15.0 Å². The van der Waals surface area contributed by atoms with Gasteiger partial charge in [0.1, 0.15) is 0 Å². The lowest BCUT2D eigenvalue weighted by Gasteiger charge is -2.51. The van der Waals surface area contributed by atoms with Gasteiger partial charge in [-0.3, -0.25) is 0 Å². The van der Waals surface area contributed by atoms with Crippen molar-refractivity contribution in [3.63, 3.8) is 0 Å². The van der Waals surface area contributed by atoms with Crippen molar-refractivity contribution >= 4 is 0 Å². The molecule has 4 atom stereocenters. The highest BCUT2D eigenvalue weighted by Crippen LogP contribution is 2.54. The Labute approximate surface area is 296 Å². The lowest BCUT2D eigenvalue weighted by molar-refractivity contribution is 0.0702. The van der Waals surface area contributed by atoms with Crippen LogP contribution in [0.1, 0.15) is 63.5 Å². The van der Waals surface area contributed by atoms with Crippen LogP contribution < -0.4 is 0 Å². The van der Waals surface area contributed by atoms with E-state index in [2.05, 4.69) is 92.7 Å². The van der Waals surface area contributed by atoms with Crippen molar-refractivity contribution in [1.29, 1.82) is 5.26 Å². The van der Waals surface area contributed by atoms with Crippen LogP contribution in [0.2, 0.25) is 0 Å². The quantitative estimate of drug-likeness (QED) is 0.172. The van der Waals surface area contributed by atoms with E-state index in [0.29, 0.717) is 28.5 Å². The highest BCUT2D eigenvalue weighted by Gasteiger charge is 2.45. The molecule has 2 bridgehead atoms. The van der Waals surface area contributed by atoms with E-state index in [1.54, 1.807) is 17.7 Å². The third kappa shape index (κ3) is 6.37. The zero-order valence-corrected chi connectivity index (χ0v) is 28.9. The maximum atomic E-state index is 9.26. The average molecular weight is 651 g/mol. The van der Waals surface area contributed by atoms with Gasteiger partial charge >= 0.3 is 0 Å². The first-order chi connectivity index (χ1) is 24.5. The van der Waals surface area contributed by atoms with Gasteiger partial charge in [0, 0.05) is 16.7 Å².